The Balaban J connectivity index is 2.32. The van der Waals surface area contributed by atoms with Gasteiger partial charge in [-0.25, -0.2) is 0 Å². The van der Waals surface area contributed by atoms with Crippen LogP contribution in [0, 0.1) is 0 Å². The van der Waals surface area contributed by atoms with E-state index in [-0.39, 0.29) is 0 Å². The molecular formula is C8H17N. The molecular weight excluding hydrogens is 110 g/mol. The van der Waals surface area contributed by atoms with Crippen LogP contribution in [-0.2, 0) is 0 Å². The van der Waals surface area contributed by atoms with Crippen LogP contribution in [-0.4, -0.2) is 24.0 Å². The molecule has 0 aliphatic carbocycles. The van der Waals surface area contributed by atoms with Crippen molar-refractivity contribution in [2.24, 2.45) is 0 Å². The van der Waals surface area contributed by atoms with Crippen molar-refractivity contribution in [3.63, 3.8) is 0 Å². The maximum Gasteiger partial charge on any atom is 0.00929 e. The van der Waals surface area contributed by atoms with E-state index in [0.29, 0.717) is 0 Å². The van der Waals surface area contributed by atoms with E-state index in [9.17, 15) is 0 Å². The standard InChI is InChI=1S/C8H17N/c1-3-8-6-5-7-9(8)4-2/h8H,3-7H2,1-2H3/t8-/m0/s1. The van der Waals surface area contributed by atoms with Gasteiger partial charge >= 0.3 is 0 Å². The molecule has 54 valence electrons. The first-order chi connectivity index (χ1) is 4.38. The van der Waals surface area contributed by atoms with E-state index in [2.05, 4.69) is 18.7 Å². The number of hydrogen-bond donors (Lipinski definition) is 0. The largest absolute Gasteiger partial charge is 0.301 e. The Morgan fingerprint density at radius 1 is 1.44 bits per heavy atom. The van der Waals surface area contributed by atoms with E-state index in [0.717, 1.165) is 6.04 Å². The first-order valence-corrected chi connectivity index (χ1v) is 4.12. The Morgan fingerprint density at radius 3 is 2.67 bits per heavy atom. The van der Waals surface area contributed by atoms with Gasteiger partial charge in [0.2, 0.25) is 0 Å². The number of likely N-dealkylation sites (tertiary alicyclic amines) is 1. The van der Waals surface area contributed by atoms with E-state index >= 15 is 0 Å². The van der Waals surface area contributed by atoms with Crippen LogP contribution in [0.1, 0.15) is 33.1 Å². The second-order valence-corrected chi connectivity index (χ2v) is 2.83. The van der Waals surface area contributed by atoms with Gasteiger partial charge in [-0.1, -0.05) is 13.8 Å². The van der Waals surface area contributed by atoms with Crippen molar-refractivity contribution >= 4 is 0 Å². The molecule has 1 atom stereocenters. The Kier molecular flexibility index (Phi) is 2.52. The van der Waals surface area contributed by atoms with E-state index in [1.54, 1.807) is 0 Å². The zero-order valence-electron chi connectivity index (χ0n) is 6.56. The molecule has 0 amide bonds. The maximum atomic E-state index is 2.58. The van der Waals surface area contributed by atoms with Crippen molar-refractivity contribution < 1.29 is 0 Å². The van der Waals surface area contributed by atoms with Crippen molar-refractivity contribution in [2.45, 2.75) is 39.2 Å². The fourth-order valence-corrected chi connectivity index (χ4v) is 1.77. The molecule has 1 fully saturated rings. The topological polar surface area (TPSA) is 3.24 Å². The molecule has 1 aliphatic rings. The molecule has 1 heteroatoms. The van der Waals surface area contributed by atoms with Gasteiger partial charge in [-0.2, -0.15) is 0 Å². The Bertz CT molecular complexity index is 70.6. The fourth-order valence-electron chi connectivity index (χ4n) is 1.77. The van der Waals surface area contributed by atoms with Crippen LogP contribution >= 0.6 is 0 Å². The summed E-state index contributed by atoms with van der Waals surface area (Å²) in [5.41, 5.74) is 0. The highest BCUT2D eigenvalue weighted by atomic mass is 15.2. The summed E-state index contributed by atoms with van der Waals surface area (Å²) >= 11 is 0. The minimum absolute atomic E-state index is 0.912. The molecule has 0 aromatic carbocycles. The fraction of sp³-hybridized carbons (Fsp3) is 1.00. The first-order valence-electron chi connectivity index (χ1n) is 4.12. The van der Waals surface area contributed by atoms with Gasteiger partial charge in [0, 0.05) is 6.04 Å². The SMILES string of the molecule is CC[C@H]1CCCN1CC. The Morgan fingerprint density at radius 2 is 2.22 bits per heavy atom. The second-order valence-electron chi connectivity index (χ2n) is 2.83. The highest BCUT2D eigenvalue weighted by Crippen LogP contribution is 2.18. The zero-order valence-corrected chi connectivity index (χ0v) is 6.56. The molecule has 0 spiro atoms. The van der Waals surface area contributed by atoms with E-state index < -0.39 is 0 Å². The van der Waals surface area contributed by atoms with Gasteiger partial charge in [0.15, 0.2) is 0 Å². The molecule has 0 bridgehead atoms. The van der Waals surface area contributed by atoms with Crippen molar-refractivity contribution in [3.05, 3.63) is 0 Å². The Labute approximate surface area is 58.0 Å². The summed E-state index contributed by atoms with van der Waals surface area (Å²) in [6, 6.07) is 0.912. The maximum absolute atomic E-state index is 2.58. The van der Waals surface area contributed by atoms with Crippen molar-refractivity contribution in [1.82, 2.24) is 4.90 Å². The predicted molar refractivity (Wildman–Crippen MR) is 40.6 cm³/mol. The van der Waals surface area contributed by atoms with Crippen LogP contribution in [0.4, 0.5) is 0 Å². The first kappa shape index (κ1) is 7.07. The van der Waals surface area contributed by atoms with E-state index in [4.69, 9.17) is 0 Å². The molecule has 0 N–H and O–H groups in total. The smallest absolute Gasteiger partial charge is 0.00929 e. The lowest BCUT2D eigenvalue weighted by molar-refractivity contribution is 0.262. The van der Waals surface area contributed by atoms with E-state index in [1.807, 2.05) is 0 Å². The lowest BCUT2D eigenvalue weighted by Crippen LogP contribution is -2.28. The lowest BCUT2D eigenvalue weighted by atomic mass is 10.2. The second kappa shape index (κ2) is 3.21. The van der Waals surface area contributed by atoms with Crippen LogP contribution in [0.2, 0.25) is 0 Å². The normalized spacial score (nSPS) is 29.3. The molecule has 0 saturated carbocycles. The highest BCUT2D eigenvalue weighted by Gasteiger charge is 2.20. The molecule has 0 unspecified atom stereocenters. The van der Waals surface area contributed by atoms with Gasteiger partial charge in [0.05, 0.1) is 0 Å². The van der Waals surface area contributed by atoms with Crippen molar-refractivity contribution in [3.8, 4) is 0 Å². The molecule has 0 aromatic heterocycles. The summed E-state index contributed by atoms with van der Waals surface area (Å²) in [7, 11) is 0. The lowest BCUT2D eigenvalue weighted by Gasteiger charge is -2.20. The summed E-state index contributed by atoms with van der Waals surface area (Å²) in [6.45, 7) is 7.14. The van der Waals surface area contributed by atoms with Gasteiger partial charge in [-0.3, -0.25) is 0 Å². The minimum Gasteiger partial charge on any atom is -0.301 e. The van der Waals surface area contributed by atoms with Crippen LogP contribution in [0.25, 0.3) is 0 Å². The summed E-state index contributed by atoms with van der Waals surface area (Å²) in [4.78, 5) is 2.58. The molecule has 1 saturated heterocycles. The highest BCUT2D eigenvalue weighted by molar-refractivity contribution is 4.76. The van der Waals surface area contributed by atoms with Gasteiger partial charge < -0.3 is 4.90 Å². The van der Waals surface area contributed by atoms with Crippen LogP contribution in [0.3, 0.4) is 0 Å². The summed E-state index contributed by atoms with van der Waals surface area (Å²) in [6.07, 6.45) is 4.20. The number of rotatable bonds is 2. The van der Waals surface area contributed by atoms with Crippen LogP contribution in [0.15, 0.2) is 0 Å². The quantitative estimate of drug-likeness (QED) is 0.547. The van der Waals surface area contributed by atoms with Gasteiger partial charge in [-0.15, -0.1) is 0 Å². The minimum atomic E-state index is 0.912. The molecule has 0 radical (unpaired) electrons. The van der Waals surface area contributed by atoms with Gasteiger partial charge in [0.1, 0.15) is 0 Å². The summed E-state index contributed by atoms with van der Waals surface area (Å²) in [5.74, 6) is 0. The summed E-state index contributed by atoms with van der Waals surface area (Å²) < 4.78 is 0. The van der Waals surface area contributed by atoms with Crippen LogP contribution in [0.5, 0.6) is 0 Å². The molecule has 1 aliphatic heterocycles. The van der Waals surface area contributed by atoms with Crippen molar-refractivity contribution in [2.75, 3.05) is 13.1 Å². The van der Waals surface area contributed by atoms with Gasteiger partial charge in [-0.05, 0) is 32.4 Å². The molecule has 1 heterocycles. The van der Waals surface area contributed by atoms with Crippen LogP contribution < -0.4 is 0 Å². The number of hydrogen-bond acceptors (Lipinski definition) is 1. The molecule has 0 aromatic rings. The third-order valence-electron chi connectivity index (χ3n) is 2.38. The van der Waals surface area contributed by atoms with Crippen molar-refractivity contribution in [1.29, 1.82) is 0 Å². The zero-order chi connectivity index (χ0) is 6.69. The average molecular weight is 127 g/mol. The average Bonchev–Trinajstić information content (AvgIpc) is 2.33. The molecule has 1 rings (SSSR count). The molecule has 1 nitrogen and oxygen atoms in total. The monoisotopic (exact) mass is 127 g/mol. The molecule has 9 heavy (non-hydrogen) atoms. The number of nitrogens with zero attached hydrogens (tertiary/aromatic N) is 1. The van der Waals surface area contributed by atoms with E-state index in [1.165, 1.54) is 32.4 Å². The Hall–Kier alpha value is -0.0400. The third-order valence-corrected chi connectivity index (χ3v) is 2.38. The third kappa shape index (κ3) is 1.45. The summed E-state index contributed by atoms with van der Waals surface area (Å²) in [5, 5.41) is 0. The van der Waals surface area contributed by atoms with Gasteiger partial charge in [0.25, 0.3) is 0 Å². The predicted octanol–water partition coefficient (Wildman–Crippen LogP) is 1.88.